The van der Waals surface area contributed by atoms with Crippen LogP contribution in [-0.2, 0) is 11.3 Å². The summed E-state index contributed by atoms with van der Waals surface area (Å²) in [6.07, 6.45) is 0. The first-order valence-electron chi connectivity index (χ1n) is 8.58. The number of nitrogens with zero attached hydrogens (tertiary/aromatic N) is 1. The Morgan fingerprint density at radius 3 is 2.44 bits per heavy atom. The van der Waals surface area contributed by atoms with E-state index in [0.717, 1.165) is 22.3 Å². The number of hydrogen-bond acceptors (Lipinski definition) is 4. The summed E-state index contributed by atoms with van der Waals surface area (Å²) in [5, 5.41) is 0. The minimum atomic E-state index is -0.372. The first kappa shape index (κ1) is 16.8. The fourth-order valence-corrected chi connectivity index (χ4v) is 2.90. The third-order valence-electron chi connectivity index (χ3n) is 4.29. The molecule has 0 radical (unpaired) electrons. The summed E-state index contributed by atoms with van der Waals surface area (Å²) in [4.78, 5) is 19.3. The molecule has 134 valence electrons. The molecular weight excluding hydrogens is 340 g/mol. The molecule has 0 aliphatic heterocycles. The normalized spacial score (nSPS) is 10.7. The van der Waals surface area contributed by atoms with Crippen LogP contribution >= 0.6 is 0 Å². The van der Waals surface area contributed by atoms with E-state index in [1.807, 2.05) is 42.5 Å². The predicted molar refractivity (Wildman–Crippen MR) is 104 cm³/mol. The predicted octanol–water partition coefficient (Wildman–Crippen LogP) is 4.60. The molecule has 0 bridgehead atoms. The summed E-state index contributed by atoms with van der Waals surface area (Å²) >= 11 is 0. The van der Waals surface area contributed by atoms with E-state index in [1.54, 1.807) is 18.2 Å². The number of carbonyl (C=O) groups excluding carboxylic acids is 1. The van der Waals surface area contributed by atoms with E-state index in [-0.39, 0.29) is 5.97 Å². The van der Waals surface area contributed by atoms with Crippen LogP contribution in [0.25, 0.3) is 22.2 Å². The van der Waals surface area contributed by atoms with Gasteiger partial charge in [0.2, 0.25) is 0 Å². The Labute approximate surface area is 156 Å². The Kier molecular flexibility index (Phi) is 4.58. The van der Waals surface area contributed by atoms with Crippen LogP contribution in [0, 0.1) is 0 Å². The van der Waals surface area contributed by atoms with Crippen molar-refractivity contribution in [3.63, 3.8) is 0 Å². The lowest BCUT2D eigenvalue weighted by Crippen LogP contribution is -2.00. The third-order valence-corrected chi connectivity index (χ3v) is 4.29. The summed E-state index contributed by atoms with van der Waals surface area (Å²) in [5.74, 6) is 1.09. The molecule has 0 aliphatic rings. The monoisotopic (exact) mass is 358 g/mol. The van der Waals surface area contributed by atoms with Gasteiger partial charge in [-0.3, -0.25) is 0 Å². The van der Waals surface area contributed by atoms with Crippen LogP contribution in [0.5, 0.6) is 5.75 Å². The number of aromatic amines is 1. The van der Waals surface area contributed by atoms with Gasteiger partial charge in [-0.1, -0.05) is 42.5 Å². The summed E-state index contributed by atoms with van der Waals surface area (Å²) in [7, 11) is 1.36. The van der Waals surface area contributed by atoms with E-state index in [2.05, 4.69) is 22.1 Å². The van der Waals surface area contributed by atoms with Crippen molar-refractivity contribution in [1.29, 1.82) is 0 Å². The van der Waals surface area contributed by atoms with Crippen LogP contribution in [0.15, 0.2) is 72.8 Å². The molecule has 1 heterocycles. The molecule has 0 saturated carbocycles. The Morgan fingerprint density at radius 2 is 1.70 bits per heavy atom. The van der Waals surface area contributed by atoms with Crippen molar-refractivity contribution in [3.8, 4) is 16.9 Å². The van der Waals surface area contributed by atoms with Crippen LogP contribution in [-0.4, -0.2) is 23.0 Å². The highest BCUT2D eigenvalue weighted by Gasteiger charge is 2.09. The number of imidazole rings is 1. The number of benzene rings is 3. The first-order valence-corrected chi connectivity index (χ1v) is 8.58. The Hall–Kier alpha value is -3.60. The van der Waals surface area contributed by atoms with Gasteiger partial charge in [0.15, 0.2) is 0 Å². The van der Waals surface area contributed by atoms with Gasteiger partial charge in [0.1, 0.15) is 18.2 Å². The van der Waals surface area contributed by atoms with Crippen molar-refractivity contribution in [2.24, 2.45) is 0 Å². The largest absolute Gasteiger partial charge is 0.486 e. The number of fused-ring (bicyclic) bond motifs is 1. The van der Waals surface area contributed by atoms with Crippen LogP contribution < -0.4 is 4.74 Å². The lowest BCUT2D eigenvalue weighted by Gasteiger charge is -2.06. The minimum Gasteiger partial charge on any atom is -0.486 e. The molecule has 4 aromatic rings. The lowest BCUT2D eigenvalue weighted by molar-refractivity contribution is 0.0601. The summed E-state index contributed by atoms with van der Waals surface area (Å²) in [6, 6.07) is 23.4. The van der Waals surface area contributed by atoms with Gasteiger partial charge in [-0.25, -0.2) is 9.78 Å². The van der Waals surface area contributed by atoms with E-state index in [0.29, 0.717) is 18.0 Å². The van der Waals surface area contributed by atoms with E-state index < -0.39 is 0 Å². The molecule has 0 aliphatic carbocycles. The molecule has 0 spiro atoms. The molecule has 5 heteroatoms. The van der Waals surface area contributed by atoms with Crippen LogP contribution in [0.3, 0.4) is 0 Å². The summed E-state index contributed by atoms with van der Waals surface area (Å²) in [5.41, 5.74) is 4.35. The molecule has 0 atom stereocenters. The van der Waals surface area contributed by atoms with Gasteiger partial charge in [-0.15, -0.1) is 0 Å². The second kappa shape index (κ2) is 7.33. The standard InChI is InChI=1S/C22H18N2O3/c1-26-22(25)17-9-12-19-20(13-17)24-21(23-19)14-27-18-10-7-16(8-11-18)15-5-3-2-4-6-15/h2-13H,14H2,1H3,(H,23,24). The average molecular weight is 358 g/mol. The second-order valence-corrected chi connectivity index (χ2v) is 6.09. The SMILES string of the molecule is COC(=O)c1ccc2nc(COc3ccc(-c4ccccc4)cc3)[nH]c2c1. The van der Waals surface area contributed by atoms with E-state index >= 15 is 0 Å². The minimum absolute atomic E-state index is 0.312. The van der Waals surface area contributed by atoms with Crippen molar-refractivity contribution in [1.82, 2.24) is 9.97 Å². The van der Waals surface area contributed by atoms with Crippen molar-refractivity contribution < 1.29 is 14.3 Å². The van der Waals surface area contributed by atoms with Gasteiger partial charge >= 0.3 is 5.97 Å². The number of rotatable bonds is 5. The zero-order chi connectivity index (χ0) is 18.6. The number of nitrogens with one attached hydrogen (secondary N) is 1. The average Bonchev–Trinajstić information content (AvgIpc) is 3.15. The zero-order valence-corrected chi connectivity index (χ0v) is 14.8. The smallest absolute Gasteiger partial charge is 0.337 e. The number of esters is 1. The molecule has 1 N–H and O–H groups in total. The maximum absolute atomic E-state index is 11.6. The number of methoxy groups -OCH3 is 1. The van der Waals surface area contributed by atoms with Crippen LogP contribution in [0.4, 0.5) is 0 Å². The molecule has 0 saturated heterocycles. The lowest BCUT2D eigenvalue weighted by atomic mass is 10.1. The van der Waals surface area contributed by atoms with Gasteiger partial charge in [-0.05, 0) is 41.5 Å². The van der Waals surface area contributed by atoms with Gasteiger partial charge in [0.05, 0.1) is 23.7 Å². The molecule has 4 rings (SSSR count). The van der Waals surface area contributed by atoms with Gasteiger partial charge < -0.3 is 14.5 Å². The first-order chi connectivity index (χ1) is 13.2. The van der Waals surface area contributed by atoms with Crippen LogP contribution in [0.2, 0.25) is 0 Å². The number of aromatic nitrogens is 2. The highest BCUT2D eigenvalue weighted by atomic mass is 16.5. The summed E-state index contributed by atoms with van der Waals surface area (Å²) < 4.78 is 10.6. The van der Waals surface area contributed by atoms with Crippen molar-refractivity contribution in [2.45, 2.75) is 6.61 Å². The van der Waals surface area contributed by atoms with Gasteiger partial charge in [-0.2, -0.15) is 0 Å². The molecule has 1 aromatic heterocycles. The highest BCUT2D eigenvalue weighted by molar-refractivity contribution is 5.93. The maximum atomic E-state index is 11.6. The molecule has 0 fully saturated rings. The van der Waals surface area contributed by atoms with Gasteiger partial charge in [0, 0.05) is 0 Å². The molecule has 5 nitrogen and oxygen atoms in total. The summed E-state index contributed by atoms with van der Waals surface area (Å²) in [6.45, 7) is 0.312. The zero-order valence-electron chi connectivity index (χ0n) is 14.8. The van der Waals surface area contributed by atoms with Crippen molar-refractivity contribution >= 4 is 17.0 Å². The number of hydrogen-bond donors (Lipinski definition) is 1. The molecule has 0 amide bonds. The highest BCUT2D eigenvalue weighted by Crippen LogP contribution is 2.23. The molecule has 27 heavy (non-hydrogen) atoms. The number of H-pyrrole nitrogens is 1. The maximum Gasteiger partial charge on any atom is 0.337 e. The topological polar surface area (TPSA) is 64.2 Å². The number of carbonyl (C=O) groups is 1. The Morgan fingerprint density at radius 1 is 0.963 bits per heavy atom. The van der Waals surface area contributed by atoms with Crippen LogP contribution in [0.1, 0.15) is 16.2 Å². The van der Waals surface area contributed by atoms with Gasteiger partial charge in [0.25, 0.3) is 0 Å². The number of ether oxygens (including phenoxy) is 2. The Bertz CT molecular complexity index is 1070. The van der Waals surface area contributed by atoms with E-state index in [9.17, 15) is 4.79 Å². The molecular formula is C22H18N2O3. The quantitative estimate of drug-likeness (QED) is 0.530. The fraction of sp³-hybridized carbons (Fsp3) is 0.0909. The molecule has 3 aromatic carbocycles. The third kappa shape index (κ3) is 3.67. The second-order valence-electron chi connectivity index (χ2n) is 6.09. The Balaban J connectivity index is 1.46. The molecule has 0 unspecified atom stereocenters. The van der Waals surface area contributed by atoms with Crippen molar-refractivity contribution in [2.75, 3.05) is 7.11 Å². The van der Waals surface area contributed by atoms with E-state index in [4.69, 9.17) is 9.47 Å². The van der Waals surface area contributed by atoms with Crippen molar-refractivity contribution in [3.05, 3.63) is 84.2 Å². The fourth-order valence-electron chi connectivity index (χ4n) is 2.90. The van der Waals surface area contributed by atoms with E-state index in [1.165, 1.54) is 12.7 Å².